The molecule has 1 fully saturated rings. The Morgan fingerprint density at radius 2 is 2.17 bits per heavy atom. The average Bonchev–Trinajstić information content (AvgIpc) is 3.15. The SMILES string of the molecule is CB(O)N1CCC(Oc2ccc(Cl)cc2NC(=O)c2cnn3cccnc23)CC1. The standard InChI is InChI=1S/C19H21BClN5O3/c1-20(28)25-9-5-14(6-10-25)29-17-4-3-13(21)11-16(17)24-19(27)15-12-23-26-8-2-7-22-18(15)26/h2-4,7-8,11-12,14,28H,5-6,9-10H2,1H3,(H,24,27). The first-order valence-electron chi connectivity index (χ1n) is 9.49. The van der Waals surface area contributed by atoms with E-state index in [0.29, 0.717) is 27.7 Å². The molecule has 8 nitrogen and oxygen atoms in total. The molecule has 3 aromatic rings. The van der Waals surface area contributed by atoms with Crippen LogP contribution in [0.3, 0.4) is 0 Å². The third kappa shape index (κ3) is 4.37. The Kier molecular flexibility index (Phi) is 5.71. The summed E-state index contributed by atoms with van der Waals surface area (Å²) in [6.45, 7) is 3.28. The first-order valence-corrected chi connectivity index (χ1v) is 9.87. The highest BCUT2D eigenvalue weighted by atomic mass is 35.5. The lowest BCUT2D eigenvalue weighted by Gasteiger charge is -2.33. The van der Waals surface area contributed by atoms with E-state index in [1.54, 1.807) is 48.0 Å². The summed E-state index contributed by atoms with van der Waals surface area (Å²) in [5.41, 5.74) is 1.33. The van der Waals surface area contributed by atoms with E-state index in [2.05, 4.69) is 15.4 Å². The van der Waals surface area contributed by atoms with Crippen molar-refractivity contribution in [3.63, 3.8) is 0 Å². The predicted octanol–water partition coefficient (Wildman–Crippen LogP) is 2.59. The van der Waals surface area contributed by atoms with Crippen LogP contribution < -0.4 is 10.1 Å². The molecule has 3 heterocycles. The fraction of sp³-hybridized carbons (Fsp3) is 0.316. The number of aromatic nitrogens is 3. The zero-order chi connectivity index (χ0) is 20.4. The molecule has 2 aromatic heterocycles. The Morgan fingerprint density at radius 1 is 1.38 bits per heavy atom. The molecule has 29 heavy (non-hydrogen) atoms. The number of carbonyl (C=O) groups excluding carboxylic acids is 1. The van der Waals surface area contributed by atoms with Crippen LogP contribution in [0, 0.1) is 0 Å². The molecule has 10 heteroatoms. The second-order valence-corrected chi connectivity index (χ2v) is 7.46. The normalized spacial score (nSPS) is 15.4. The highest BCUT2D eigenvalue weighted by Crippen LogP contribution is 2.31. The molecule has 1 aliphatic rings. The van der Waals surface area contributed by atoms with Gasteiger partial charge in [0, 0.05) is 17.4 Å². The van der Waals surface area contributed by atoms with E-state index in [0.717, 1.165) is 25.9 Å². The second kappa shape index (κ2) is 8.40. The summed E-state index contributed by atoms with van der Waals surface area (Å²) in [6.07, 6.45) is 6.40. The van der Waals surface area contributed by atoms with E-state index < -0.39 is 7.05 Å². The quantitative estimate of drug-likeness (QED) is 0.625. The summed E-state index contributed by atoms with van der Waals surface area (Å²) in [5.74, 6) is 0.220. The molecule has 0 atom stereocenters. The van der Waals surface area contributed by atoms with Crippen molar-refractivity contribution in [3.05, 3.63) is 53.4 Å². The largest absolute Gasteiger partial charge is 0.488 e. The molecule has 0 aliphatic carbocycles. The number of carbonyl (C=O) groups is 1. The van der Waals surface area contributed by atoms with Crippen molar-refractivity contribution in [3.8, 4) is 5.75 Å². The molecule has 150 valence electrons. The molecule has 0 saturated carbocycles. The molecule has 1 saturated heterocycles. The van der Waals surface area contributed by atoms with Gasteiger partial charge in [-0.3, -0.25) is 4.79 Å². The van der Waals surface area contributed by atoms with Gasteiger partial charge in [-0.05, 0) is 57.0 Å². The lowest BCUT2D eigenvalue weighted by Crippen LogP contribution is -2.45. The zero-order valence-corrected chi connectivity index (χ0v) is 16.7. The first-order chi connectivity index (χ1) is 14.0. The summed E-state index contributed by atoms with van der Waals surface area (Å²) >= 11 is 6.15. The summed E-state index contributed by atoms with van der Waals surface area (Å²) < 4.78 is 7.70. The van der Waals surface area contributed by atoms with Gasteiger partial charge in [-0.25, -0.2) is 9.50 Å². The van der Waals surface area contributed by atoms with Crippen molar-refractivity contribution in [2.75, 3.05) is 18.4 Å². The van der Waals surface area contributed by atoms with Crippen molar-refractivity contribution in [2.45, 2.75) is 25.8 Å². The van der Waals surface area contributed by atoms with Crippen LogP contribution in [0.25, 0.3) is 5.65 Å². The topological polar surface area (TPSA) is 92.0 Å². The van der Waals surface area contributed by atoms with Gasteiger partial charge in [-0.15, -0.1) is 0 Å². The Hall–Kier alpha value is -2.62. The van der Waals surface area contributed by atoms with Gasteiger partial charge in [0.25, 0.3) is 5.91 Å². The summed E-state index contributed by atoms with van der Waals surface area (Å²) in [4.78, 5) is 19.0. The number of nitrogens with zero attached hydrogens (tertiary/aromatic N) is 4. The molecular formula is C19H21BClN5O3. The van der Waals surface area contributed by atoms with Crippen molar-refractivity contribution in [1.82, 2.24) is 19.4 Å². The van der Waals surface area contributed by atoms with Crippen LogP contribution >= 0.6 is 11.6 Å². The van der Waals surface area contributed by atoms with Crippen LogP contribution in [0.2, 0.25) is 11.8 Å². The van der Waals surface area contributed by atoms with Crippen LogP contribution in [-0.2, 0) is 0 Å². The molecule has 1 aromatic carbocycles. The predicted molar refractivity (Wildman–Crippen MR) is 111 cm³/mol. The van der Waals surface area contributed by atoms with Gasteiger partial charge in [0.05, 0.1) is 11.9 Å². The van der Waals surface area contributed by atoms with Crippen molar-refractivity contribution in [1.29, 1.82) is 0 Å². The molecule has 0 radical (unpaired) electrons. The van der Waals surface area contributed by atoms with Crippen LogP contribution in [0.1, 0.15) is 23.2 Å². The number of hydrogen-bond acceptors (Lipinski definition) is 6. The maximum Gasteiger partial charge on any atom is 0.376 e. The third-order valence-electron chi connectivity index (χ3n) is 5.01. The number of piperidine rings is 1. The summed E-state index contributed by atoms with van der Waals surface area (Å²) in [6, 6.07) is 6.90. The van der Waals surface area contributed by atoms with Crippen LogP contribution in [0.4, 0.5) is 5.69 Å². The highest BCUT2D eigenvalue weighted by Gasteiger charge is 2.26. The van der Waals surface area contributed by atoms with Gasteiger partial charge >= 0.3 is 7.05 Å². The minimum atomic E-state index is -0.458. The van der Waals surface area contributed by atoms with Crippen LogP contribution in [-0.4, -0.2) is 56.6 Å². The fourth-order valence-corrected chi connectivity index (χ4v) is 3.60. The minimum Gasteiger partial charge on any atom is -0.488 e. The van der Waals surface area contributed by atoms with Gasteiger partial charge in [0.15, 0.2) is 5.65 Å². The molecule has 2 N–H and O–H groups in total. The van der Waals surface area contributed by atoms with Crippen LogP contribution in [0.15, 0.2) is 42.9 Å². The van der Waals surface area contributed by atoms with Crippen molar-refractivity contribution >= 4 is 35.9 Å². The van der Waals surface area contributed by atoms with Gasteiger partial charge < -0.3 is 19.9 Å². The Bertz CT molecular complexity index is 1020. The zero-order valence-electron chi connectivity index (χ0n) is 16.0. The number of anilines is 1. The number of ether oxygens (including phenoxy) is 1. The van der Waals surface area contributed by atoms with Gasteiger partial charge in [-0.1, -0.05) is 11.6 Å². The lowest BCUT2D eigenvalue weighted by atomic mass is 9.82. The molecule has 4 rings (SSSR count). The smallest absolute Gasteiger partial charge is 0.376 e. The third-order valence-corrected chi connectivity index (χ3v) is 5.25. The van der Waals surface area contributed by atoms with E-state index >= 15 is 0 Å². The minimum absolute atomic E-state index is 0.000437. The van der Waals surface area contributed by atoms with E-state index in [1.165, 1.54) is 6.20 Å². The van der Waals surface area contributed by atoms with Gasteiger partial charge in [-0.2, -0.15) is 5.10 Å². The van der Waals surface area contributed by atoms with E-state index in [4.69, 9.17) is 16.3 Å². The number of halogens is 1. The number of rotatable bonds is 5. The molecule has 1 amide bonds. The molecule has 0 spiro atoms. The number of hydrogen-bond donors (Lipinski definition) is 2. The number of fused-ring (bicyclic) bond motifs is 1. The van der Waals surface area contributed by atoms with Crippen LogP contribution in [0.5, 0.6) is 5.75 Å². The van der Waals surface area contributed by atoms with Gasteiger partial charge in [0.2, 0.25) is 0 Å². The molecular weight excluding hydrogens is 393 g/mol. The summed E-state index contributed by atoms with van der Waals surface area (Å²) in [5, 5.41) is 17.2. The second-order valence-electron chi connectivity index (χ2n) is 7.03. The number of benzene rings is 1. The molecule has 0 bridgehead atoms. The van der Waals surface area contributed by atoms with E-state index in [9.17, 15) is 9.82 Å². The highest BCUT2D eigenvalue weighted by molar-refractivity contribution is 6.45. The van der Waals surface area contributed by atoms with Crippen molar-refractivity contribution in [2.24, 2.45) is 0 Å². The Morgan fingerprint density at radius 3 is 2.93 bits per heavy atom. The monoisotopic (exact) mass is 413 g/mol. The lowest BCUT2D eigenvalue weighted by molar-refractivity contribution is 0.102. The van der Waals surface area contributed by atoms with E-state index in [1.807, 2.05) is 4.81 Å². The maximum atomic E-state index is 12.8. The van der Waals surface area contributed by atoms with E-state index in [-0.39, 0.29) is 12.0 Å². The fourth-order valence-electron chi connectivity index (χ4n) is 3.43. The summed E-state index contributed by atoms with van der Waals surface area (Å²) in [7, 11) is -0.458. The van der Waals surface area contributed by atoms with Crippen molar-refractivity contribution < 1.29 is 14.6 Å². The average molecular weight is 414 g/mol. The Labute approximate surface area is 173 Å². The van der Waals surface area contributed by atoms with Gasteiger partial charge in [0.1, 0.15) is 17.4 Å². The number of amides is 1. The Balaban J connectivity index is 1.50. The maximum absolute atomic E-state index is 12.8. The molecule has 1 aliphatic heterocycles. The molecule has 0 unspecified atom stereocenters. The first kappa shape index (κ1) is 19.7. The number of nitrogens with one attached hydrogen (secondary N) is 1.